The van der Waals surface area contributed by atoms with Gasteiger partial charge in [0, 0.05) is 44.6 Å². The Morgan fingerprint density at radius 2 is 2.11 bits per heavy atom. The van der Waals surface area contributed by atoms with Crippen molar-refractivity contribution in [2.24, 2.45) is 16.8 Å². The molecule has 28 heavy (non-hydrogen) atoms. The molecule has 160 valence electrons. The maximum atomic E-state index is 5.08. The second-order valence-electron chi connectivity index (χ2n) is 8.67. The van der Waals surface area contributed by atoms with Gasteiger partial charge >= 0.3 is 0 Å². The molecule has 1 N–H and O–H groups in total. The lowest BCUT2D eigenvalue weighted by atomic mass is 9.93. The average molecular weight is 502 g/mol. The lowest BCUT2D eigenvalue weighted by molar-refractivity contribution is 0.188. The summed E-state index contributed by atoms with van der Waals surface area (Å²) < 4.78 is 2.27. The first-order valence-corrected chi connectivity index (χ1v) is 10.8. The highest BCUT2D eigenvalue weighted by Gasteiger charge is 2.30. The van der Waals surface area contributed by atoms with E-state index >= 15 is 0 Å². The number of nitrogens with one attached hydrogen (secondary N) is 1. The number of halogens is 1. The van der Waals surface area contributed by atoms with E-state index in [2.05, 4.69) is 58.6 Å². The van der Waals surface area contributed by atoms with Crippen LogP contribution in [0.15, 0.2) is 23.7 Å². The minimum absolute atomic E-state index is 0. The van der Waals surface area contributed by atoms with E-state index in [9.17, 15) is 0 Å². The maximum absolute atomic E-state index is 5.08. The van der Waals surface area contributed by atoms with Gasteiger partial charge in [0.25, 0.3) is 0 Å². The summed E-state index contributed by atoms with van der Waals surface area (Å²) in [5.74, 6) is 2.47. The monoisotopic (exact) mass is 502 g/mol. The van der Waals surface area contributed by atoms with Crippen LogP contribution >= 0.6 is 24.0 Å². The van der Waals surface area contributed by atoms with Crippen LogP contribution in [0.4, 0.5) is 0 Å². The topological polar surface area (TPSA) is 48.7 Å². The van der Waals surface area contributed by atoms with E-state index in [1.807, 2.05) is 12.5 Å². The van der Waals surface area contributed by atoms with Crippen molar-refractivity contribution in [3.63, 3.8) is 0 Å². The van der Waals surface area contributed by atoms with Gasteiger partial charge in [-0.25, -0.2) is 4.98 Å². The first-order chi connectivity index (χ1) is 13.1. The fourth-order valence-corrected chi connectivity index (χ4v) is 4.52. The smallest absolute Gasteiger partial charge is 0.194 e. The largest absolute Gasteiger partial charge is 0.357 e. The fraction of sp³-hybridized carbons (Fsp3) is 0.810. The summed E-state index contributed by atoms with van der Waals surface area (Å²) >= 11 is 0. The lowest BCUT2D eigenvalue weighted by Crippen LogP contribution is -2.49. The molecule has 2 aliphatic rings. The van der Waals surface area contributed by atoms with Crippen molar-refractivity contribution in [2.45, 2.75) is 59.0 Å². The highest BCUT2D eigenvalue weighted by molar-refractivity contribution is 14.0. The van der Waals surface area contributed by atoms with Crippen LogP contribution in [0, 0.1) is 11.8 Å². The number of hydrogen-bond donors (Lipinski definition) is 1. The van der Waals surface area contributed by atoms with Crippen LogP contribution in [-0.4, -0.2) is 70.6 Å². The summed E-state index contributed by atoms with van der Waals surface area (Å²) in [6.07, 6.45) is 9.72. The average Bonchev–Trinajstić information content (AvgIpc) is 3.31. The predicted octanol–water partition coefficient (Wildman–Crippen LogP) is 3.47. The number of rotatable bonds is 6. The summed E-state index contributed by atoms with van der Waals surface area (Å²) in [4.78, 5) is 14.4. The van der Waals surface area contributed by atoms with Crippen LogP contribution in [0.25, 0.3) is 0 Å². The molecule has 6 nitrogen and oxygen atoms in total. The van der Waals surface area contributed by atoms with Gasteiger partial charge in [0.05, 0.1) is 18.9 Å². The number of piperidine rings is 1. The molecule has 1 aromatic rings. The Morgan fingerprint density at radius 3 is 2.79 bits per heavy atom. The van der Waals surface area contributed by atoms with Crippen molar-refractivity contribution in [1.29, 1.82) is 0 Å². The Balaban J connectivity index is 0.00000280. The molecule has 0 spiro atoms. The Labute approximate surface area is 188 Å². The molecule has 2 fully saturated rings. The normalized spacial score (nSPS) is 26.5. The first kappa shape index (κ1) is 23.4. The summed E-state index contributed by atoms with van der Waals surface area (Å²) in [5.41, 5.74) is 0. The van der Waals surface area contributed by atoms with Crippen LogP contribution < -0.4 is 5.32 Å². The molecular formula is C21H39IN6. The molecule has 0 radical (unpaired) electrons. The van der Waals surface area contributed by atoms with Crippen LogP contribution in [0.2, 0.25) is 0 Å². The van der Waals surface area contributed by atoms with E-state index in [-0.39, 0.29) is 24.0 Å². The van der Waals surface area contributed by atoms with Crippen molar-refractivity contribution in [1.82, 2.24) is 24.7 Å². The van der Waals surface area contributed by atoms with Gasteiger partial charge in [-0.1, -0.05) is 20.8 Å². The van der Waals surface area contributed by atoms with Crippen molar-refractivity contribution in [3.05, 3.63) is 18.7 Å². The van der Waals surface area contributed by atoms with Gasteiger partial charge in [0.2, 0.25) is 0 Å². The molecule has 0 aliphatic carbocycles. The number of aliphatic imine (C=N–C) groups is 1. The minimum Gasteiger partial charge on any atom is -0.357 e. The first-order valence-electron chi connectivity index (χ1n) is 10.8. The lowest BCUT2D eigenvalue weighted by Gasteiger charge is -2.39. The molecule has 0 saturated carbocycles. The molecule has 0 amide bonds. The van der Waals surface area contributed by atoms with Crippen molar-refractivity contribution in [3.8, 4) is 0 Å². The van der Waals surface area contributed by atoms with Gasteiger partial charge in [-0.15, -0.1) is 24.0 Å². The number of likely N-dealkylation sites (tertiary alicyclic amines) is 2. The van der Waals surface area contributed by atoms with E-state index in [4.69, 9.17) is 4.99 Å². The molecule has 3 rings (SSSR count). The van der Waals surface area contributed by atoms with Gasteiger partial charge in [-0.3, -0.25) is 9.89 Å². The summed E-state index contributed by atoms with van der Waals surface area (Å²) in [5, 5.41) is 3.55. The Hall–Kier alpha value is -0.830. The number of imidazole rings is 1. The SMILES string of the molecule is CCNC(=NC[C@H]1CCCN1CC(C)C)N1CCC(C)C(n2ccnc2)C1.I. The van der Waals surface area contributed by atoms with Gasteiger partial charge in [-0.2, -0.15) is 0 Å². The Kier molecular flexibility index (Phi) is 9.53. The quantitative estimate of drug-likeness (QED) is 0.368. The number of aromatic nitrogens is 2. The molecule has 0 bridgehead atoms. The van der Waals surface area contributed by atoms with E-state index in [0.29, 0.717) is 18.0 Å². The van der Waals surface area contributed by atoms with E-state index in [0.717, 1.165) is 38.1 Å². The third-order valence-electron chi connectivity index (χ3n) is 6.01. The van der Waals surface area contributed by atoms with Crippen molar-refractivity contribution < 1.29 is 0 Å². The van der Waals surface area contributed by atoms with Crippen LogP contribution in [0.1, 0.15) is 53.0 Å². The van der Waals surface area contributed by atoms with E-state index in [1.54, 1.807) is 0 Å². The van der Waals surface area contributed by atoms with E-state index in [1.165, 1.54) is 32.4 Å². The standard InChI is InChI=1S/C21H38N6.HI/c1-5-23-21(24-13-19-7-6-10-25(19)14-17(2)3)26-11-8-18(4)20(15-26)27-12-9-22-16-27;/h9,12,16-20H,5-8,10-11,13-15H2,1-4H3,(H,23,24);1H/t18?,19-,20?;/m1./s1. The number of guanidine groups is 1. The fourth-order valence-electron chi connectivity index (χ4n) is 4.52. The molecular weight excluding hydrogens is 463 g/mol. The van der Waals surface area contributed by atoms with Gasteiger partial charge in [-0.05, 0) is 44.6 Å². The summed E-state index contributed by atoms with van der Waals surface area (Å²) in [6, 6.07) is 1.07. The molecule has 1 aromatic heterocycles. The Bertz CT molecular complexity index is 588. The molecule has 2 unspecified atom stereocenters. The van der Waals surface area contributed by atoms with Crippen molar-refractivity contribution >= 4 is 29.9 Å². The molecule has 0 aromatic carbocycles. The summed E-state index contributed by atoms with van der Waals surface area (Å²) in [6.45, 7) is 15.5. The molecule has 2 aliphatic heterocycles. The van der Waals surface area contributed by atoms with E-state index < -0.39 is 0 Å². The van der Waals surface area contributed by atoms with Gasteiger partial charge < -0.3 is 14.8 Å². The maximum Gasteiger partial charge on any atom is 0.194 e. The molecule has 3 atom stereocenters. The molecule has 2 saturated heterocycles. The van der Waals surface area contributed by atoms with Crippen LogP contribution in [0.5, 0.6) is 0 Å². The highest BCUT2D eigenvalue weighted by atomic mass is 127. The Morgan fingerprint density at radius 1 is 1.29 bits per heavy atom. The molecule has 7 heteroatoms. The zero-order valence-electron chi connectivity index (χ0n) is 18.0. The third-order valence-corrected chi connectivity index (χ3v) is 6.01. The second kappa shape index (κ2) is 11.4. The minimum atomic E-state index is 0. The van der Waals surface area contributed by atoms with Crippen LogP contribution in [0.3, 0.4) is 0 Å². The number of nitrogens with zero attached hydrogens (tertiary/aromatic N) is 5. The molecule has 3 heterocycles. The highest BCUT2D eigenvalue weighted by Crippen LogP contribution is 2.27. The number of hydrogen-bond acceptors (Lipinski definition) is 3. The third kappa shape index (κ3) is 6.08. The van der Waals surface area contributed by atoms with Crippen molar-refractivity contribution in [2.75, 3.05) is 39.3 Å². The zero-order chi connectivity index (χ0) is 19.2. The predicted molar refractivity (Wildman–Crippen MR) is 127 cm³/mol. The van der Waals surface area contributed by atoms with Crippen LogP contribution in [-0.2, 0) is 0 Å². The zero-order valence-corrected chi connectivity index (χ0v) is 20.4. The van der Waals surface area contributed by atoms with Gasteiger partial charge in [0.15, 0.2) is 5.96 Å². The summed E-state index contributed by atoms with van der Waals surface area (Å²) in [7, 11) is 0. The van der Waals surface area contributed by atoms with Gasteiger partial charge in [0.1, 0.15) is 0 Å². The second-order valence-corrected chi connectivity index (χ2v) is 8.67.